The zero-order valence-electron chi connectivity index (χ0n) is 40.4. The molecule has 1 heterocycles. The van der Waals surface area contributed by atoms with Crippen molar-refractivity contribution in [3.05, 3.63) is 24.3 Å². The van der Waals surface area contributed by atoms with E-state index in [1.807, 2.05) is 6.92 Å². The van der Waals surface area contributed by atoms with Crippen molar-refractivity contribution in [3.8, 4) is 0 Å². The molecule has 19 nitrogen and oxygen atoms in total. The molecule has 13 atom stereocenters. The van der Waals surface area contributed by atoms with E-state index in [4.69, 9.17) is 23.0 Å². The molecule has 1 saturated carbocycles. The van der Waals surface area contributed by atoms with Gasteiger partial charge in [0, 0.05) is 31.1 Å². The van der Waals surface area contributed by atoms with E-state index in [2.05, 4.69) is 19.1 Å². The fraction of sp³-hybridized carbons (Fsp3) is 0.872. The first-order chi connectivity index (χ1) is 32.3. The minimum Gasteiger partial charge on any atom is -0.462 e. The average molecular weight is 1020 g/mol. The van der Waals surface area contributed by atoms with Gasteiger partial charge in [-0.25, -0.2) is 9.13 Å². The van der Waals surface area contributed by atoms with Crippen LogP contribution in [0.2, 0.25) is 0 Å². The molecule has 68 heavy (non-hydrogen) atoms. The SMILES string of the molecule is CC/C=C\CCCCCCCCCCCCCC(=O)O[C@@H]1COC(=O)CCCCCC[C@@H]2[C@@H](O)[C@H](O)[C@@H](O)[C@H](OP(=O)(O)OC1)[C@H](OP(=O)(O)O)[C@H](O)[C@@H](/C=C/[C@@H](O)CCCCC)[C@H](O)C[C@@H]2O. The summed E-state index contributed by atoms with van der Waals surface area (Å²) in [6, 6.07) is 0. The fourth-order valence-corrected chi connectivity index (χ4v) is 10.2. The van der Waals surface area contributed by atoms with Crippen LogP contribution >= 0.6 is 15.6 Å². The number of carbonyl (C=O) groups excluding carboxylic acids is 2. The molecular weight excluding hydrogens is 930 g/mol. The Morgan fingerprint density at radius 3 is 2.06 bits per heavy atom. The molecule has 0 amide bonds. The van der Waals surface area contributed by atoms with Crippen LogP contribution in [0.5, 0.6) is 0 Å². The van der Waals surface area contributed by atoms with Crippen molar-refractivity contribution in [1.82, 2.24) is 0 Å². The fourth-order valence-electron chi connectivity index (χ4n) is 8.65. The van der Waals surface area contributed by atoms with Gasteiger partial charge in [0.1, 0.15) is 31.0 Å². The van der Waals surface area contributed by atoms with Gasteiger partial charge >= 0.3 is 27.6 Å². The van der Waals surface area contributed by atoms with Gasteiger partial charge in [0.15, 0.2) is 6.10 Å². The summed E-state index contributed by atoms with van der Waals surface area (Å²) in [4.78, 5) is 56.8. The van der Waals surface area contributed by atoms with E-state index >= 15 is 0 Å². The molecule has 2 fully saturated rings. The summed E-state index contributed by atoms with van der Waals surface area (Å²) in [7, 11) is -11.4. The number of hydrogen-bond donors (Lipinski definition) is 10. The quantitative estimate of drug-likeness (QED) is 0.0226. The highest BCUT2D eigenvalue weighted by atomic mass is 31.2. The molecule has 1 saturated heterocycles. The maximum Gasteiger partial charge on any atom is 0.472 e. The van der Waals surface area contributed by atoms with Crippen molar-refractivity contribution < 1.29 is 92.2 Å². The normalized spacial score (nSPS) is 31.8. The molecule has 0 radical (unpaired) electrons. The predicted octanol–water partition coefficient (Wildman–Crippen LogP) is 6.11. The van der Waals surface area contributed by atoms with Gasteiger partial charge in [0.25, 0.3) is 0 Å². The number of rotatable bonds is 24. The lowest BCUT2D eigenvalue weighted by molar-refractivity contribution is -0.165. The van der Waals surface area contributed by atoms with Crippen molar-refractivity contribution >= 4 is 27.6 Å². The highest BCUT2D eigenvalue weighted by Gasteiger charge is 2.51. The van der Waals surface area contributed by atoms with Gasteiger partial charge in [-0.05, 0) is 44.9 Å². The molecular formula is C47H86O19P2. The van der Waals surface area contributed by atoms with E-state index in [0.717, 1.165) is 63.9 Å². The summed E-state index contributed by atoms with van der Waals surface area (Å²) in [5.74, 6) is -4.37. The van der Waals surface area contributed by atoms with Gasteiger partial charge in [-0.2, -0.15) is 0 Å². The summed E-state index contributed by atoms with van der Waals surface area (Å²) < 4.78 is 52.4. The van der Waals surface area contributed by atoms with Crippen LogP contribution in [-0.2, 0) is 41.8 Å². The molecule has 1 aliphatic carbocycles. The number of hydrogen-bond acceptors (Lipinski definition) is 16. The van der Waals surface area contributed by atoms with Gasteiger partial charge in [0.2, 0.25) is 0 Å². The van der Waals surface area contributed by atoms with Crippen LogP contribution in [0, 0.1) is 11.8 Å². The number of fused-ring (bicyclic) bond motifs is 4. The Hall–Kier alpha value is -1.64. The van der Waals surface area contributed by atoms with E-state index in [0.29, 0.717) is 38.5 Å². The van der Waals surface area contributed by atoms with Crippen molar-refractivity contribution in [1.29, 1.82) is 0 Å². The maximum atomic E-state index is 13.8. The zero-order valence-corrected chi connectivity index (χ0v) is 42.2. The van der Waals surface area contributed by atoms with Crippen molar-refractivity contribution in [2.45, 2.75) is 235 Å². The molecule has 2 rings (SSSR count). The molecule has 0 aromatic carbocycles. The van der Waals surface area contributed by atoms with Gasteiger partial charge in [-0.15, -0.1) is 0 Å². The lowest BCUT2D eigenvalue weighted by atomic mass is 9.82. The molecule has 398 valence electrons. The number of ether oxygens (including phenoxy) is 2. The second-order valence-electron chi connectivity index (χ2n) is 18.5. The number of aliphatic hydroxyl groups is 7. The number of esters is 2. The Bertz CT molecular complexity index is 1530. The van der Waals surface area contributed by atoms with E-state index < -0.39 is 120 Å². The standard InChI is InChI=1S/C47H86O19P2/c1-3-5-7-8-9-10-11-12-13-14-15-16-17-18-24-28-41(52)64-35-32-62-40(51)27-23-20-19-22-26-36-38(49)31-39(50)37(30-29-34(48)25-21-6-4-2)43(54)46(65-67(57,58)59)47(45(56)44(55)42(36)53)66-68(60,61)63-33-35/h5,7,29-30,34-39,42-50,53-56H,3-4,6,8-28,31-33H2,1-2H3,(H,60,61)(H2,57,58,59)/b7-5-,30-29+/t34-,35+,36-,37-,38-,39+,42+,43+,44-,45+,46+,47-/m0/s1. The average Bonchev–Trinajstić information content (AvgIpc) is 3.28. The van der Waals surface area contributed by atoms with E-state index in [9.17, 15) is 69.1 Å². The summed E-state index contributed by atoms with van der Waals surface area (Å²) in [5, 5.41) is 79.9. The highest BCUT2D eigenvalue weighted by molar-refractivity contribution is 7.47. The van der Waals surface area contributed by atoms with E-state index in [1.165, 1.54) is 38.2 Å². The van der Waals surface area contributed by atoms with Crippen LogP contribution in [0.4, 0.5) is 0 Å². The second kappa shape index (κ2) is 34.7. The van der Waals surface area contributed by atoms with Crippen LogP contribution in [-0.4, -0.2) is 137 Å². The van der Waals surface area contributed by atoms with E-state index in [1.54, 1.807) is 0 Å². The molecule has 0 aromatic rings. The largest absolute Gasteiger partial charge is 0.472 e. The topological polar surface area (TPSA) is 317 Å². The number of phosphoric acid groups is 2. The Kier molecular flexibility index (Phi) is 31.9. The van der Waals surface area contributed by atoms with Crippen LogP contribution in [0.25, 0.3) is 0 Å². The molecule has 1 aliphatic heterocycles. The van der Waals surface area contributed by atoms with Gasteiger partial charge < -0.3 is 59.9 Å². The minimum atomic E-state index is -5.76. The number of unbranched alkanes of at least 4 members (excludes halogenated alkanes) is 13. The molecule has 0 aromatic heterocycles. The van der Waals surface area contributed by atoms with Crippen molar-refractivity contribution in [3.63, 3.8) is 0 Å². The smallest absolute Gasteiger partial charge is 0.462 e. The van der Waals surface area contributed by atoms with Gasteiger partial charge in [-0.3, -0.25) is 23.2 Å². The Morgan fingerprint density at radius 2 is 1.43 bits per heavy atom. The van der Waals surface area contributed by atoms with Crippen molar-refractivity contribution in [2.24, 2.45) is 11.8 Å². The summed E-state index contributed by atoms with van der Waals surface area (Å²) in [5.41, 5.74) is 0. The number of phosphoric ester groups is 2. The maximum absolute atomic E-state index is 13.8. The first-order valence-electron chi connectivity index (χ1n) is 25.1. The number of cyclic esters (lactones) is 1. The van der Waals surface area contributed by atoms with Gasteiger partial charge in [-0.1, -0.05) is 134 Å². The number of aliphatic hydroxyl groups excluding tert-OH is 7. The molecule has 2 aliphatic rings. The number of carbonyl (C=O) groups is 2. The second-order valence-corrected chi connectivity index (χ2v) is 21.1. The monoisotopic (exact) mass is 1020 g/mol. The van der Waals surface area contributed by atoms with Gasteiger partial charge in [0.05, 0.1) is 37.1 Å². The third kappa shape index (κ3) is 26.2. The Labute approximate surface area is 403 Å². The highest BCUT2D eigenvalue weighted by Crippen LogP contribution is 2.50. The van der Waals surface area contributed by atoms with Crippen LogP contribution in [0.15, 0.2) is 24.3 Å². The van der Waals surface area contributed by atoms with Crippen LogP contribution in [0.3, 0.4) is 0 Å². The first-order valence-corrected chi connectivity index (χ1v) is 28.2. The minimum absolute atomic E-state index is 0.0220. The summed E-state index contributed by atoms with van der Waals surface area (Å²) >= 11 is 0. The number of allylic oxidation sites excluding steroid dienone is 2. The van der Waals surface area contributed by atoms with Crippen LogP contribution < -0.4 is 0 Å². The lowest BCUT2D eigenvalue weighted by Crippen LogP contribution is -2.56. The molecule has 21 heteroatoms. The molecule has 0 spiro atoms. The summed E-state index contributed by atoms with van der Waals surface area (Å²) in [6.07, 6.45) is 3.08. The molecule has 10 N–H and O–H groups in total. The molecule has 2 bridgehead atoms. The van der Waals surface area contributed by atoms with Crippen molar-refractivity contribution in [2.75, 3.05) is 13.2 Å². The predicted molar refractivity (Wildman–Crippen MR) is 252 cm³/mol. The first kappa shape index (κ1) is 62.5. The third-order valence-corrected chi connectivity index (χ3v) is 14.1. The van der Waals surface area contributed by atoms with Crippen LogP contribution in [0.1, 0.15) is 174 Å². The van der Waals surface area contributed by atoms with E-state index in [-0.39, 0.29) is 25.7 Å². The lowest BCUT2D eigenvalue weighted by Gasteiger charge is -2.39. The third-order valence-electron chi connectivity index (χ3n) is 12.6. The Balaban J connectivity index is 2.33. The zero-order chi connectivity index (χ0) is 50.5. The molecule has 1 unspecified atom stereocenters. The summed E-state index contributed by atoms with van der Waals surface area (Å²) in [6.45, 7) is 2.52. The Morgan fingerprint density at radius 1 is 0.794 bits per heavy atom.